The molecule has 0 aromatic rings. The largest absolute Gasteiger partial charge is 0.355 e. The van der Waals surface area contributed by atoms with Gasteiger partial charge in [0.25, 0.3) is 0 Å². The van der Waals surface area contributed by atoms with E-state index >= 15 is 0 Å². The number of aliphatic imine (C=N–C) groups is 1. The molecular formula is C8H15N3O2S. The van der Waals surface area contributed by atoms with Crippen LogP contribution in [0.1, 0.15) is 13.3 Å². The summed E-state index contributed by atoms with van der Waals surface area (Å²) in [6.45, 7) is 3.54. The Morgan fingerprint density at radius 1 is 1.57 bits per heavy atom. The van der Waals surface area contributed by atoms with Crippen LogP contribution in [-0.4, -0.2) is 44.5 Å². The fourth-order valence-electron chi connectivity index (χ4n) is 1.88. The summed E-state index contributed by atoms with van der Waals surface area (Å²) in [5, 5.41) is 6.25. The van der Waals surface area contributed by atoms with Crippen molar-refractivity contribution in [1.29, 1.82) is 0 Å². The van der Waals surface area contributed by atoms with Gasteiger partial charge in [0.2, 0.25) is 0 Å². The van der Waals surface area contributed by atoms with Gasteiger partial charge in [-0.1, -0.05) is 0 Å². The first kappa shape index (κ1) is 9.76. The maximum absolute atomic E-state index is 11.3. The normalized spacial score (nSPS) is 35.1. The van der Waals surface area contributed by atoms with Gasteiger partial charge in [0.1, 0.15) is 0 Å². The molecule has 2 aliphatic rings. The van der Waals surface area contributed by atoms with Crippen molar-refractivity contribution in [1.82, 2.24) is 10.6 Å². The Morgan fingerprint density at radius 3 is 2.86 bits per heavy atom. The van der Waals surface area contributed by atoms with Crippen LogP contribution in [0.5, 0.6) is 0 Å². The molecule has 14 heavy (non-hydrogen) atoms. The van der Waals surface area contributed by atoms with Crippen molar-refractivity contribution in [2.24, 2.45) is 4.99 Å². The van der Waals surface area contributed by atoms with Gasteiger partial charge in [0.15, 0.2) is 15.8 Å². The topological polar surface area (TPSA) is 70.6 Å². The molecule has 2 heterocycles. The van der Waals surface area contributed by atoms with E-state index in [1.165, 1.54) is 0 Å². The van der Waals surface area contributed by atoms with Gasteiger partial charge in [-0.15, -0.1) is 0 Å². The van der Waals surface area contributed by atoms with E-state index in [2.05, 4.69) is 15.6 Å². The summed E-state index contributed by atoms with van der Waals surface area (Å²) in [5.41, 5.74) is -0.338. The Balaban J connectivity index is 2.04. The highest BCUT2D eigenvalue weighted by atomic mass is 32.2. The number of rotatable bonds is 1. The number of nitrogens with one attached hydrogen (secondary N) is 2. The van der Waals surface area contributed by atoms with E-state index in [-0.39, 0.29) is 17.0 Å². The van der Waals surface area contributed by atoms with Gasteiger partial charge in [-0.2, -0.15) is 0 Å². The number of hydrogen-bond acceptors (Lipinski definition) is 5. The molecule has 6 heteroatoms. The third-order valence-electron chi connectivity index (χ3n) is 2.60. The molecule has 2 N–H and O–H groups in total. The smallest absolute Gasteiger partial charge is 0.191 e. The average molecular weight is 217 g/mol. The van der Waals surface area contributed by atoms with Crippen LogP contribution in [0.4, 0.5) is 0 Å². The summed E-state index contributed by atoms with van der Waals surface area (Å²) in [6, 6.07) is 0. The minimum absolute atomic E-state index is 0.209. The summed E-state index contributed by atoms with van der Waals surface area (Å²) in [7, 11) is -2.84. The van der Waals surface area contributed by atoms with Gasteiger partial charge in [-0.25, -0.2) is 8.42 Å². The summed E-state index contributed by atoms with van der Waals surface area (Å²) >= 11 is 0. The molecule has 0 aromatic heterocycles. The van der Waals surface area contributed by atoms with E-state index < -0.39 is 9.84 Å². The lowest BCUT2D eigenvalue weighted by atomic mass is 10.0. The van der Waals surface area contributed by atoms with Gasteiger partial charge in [-0.3, -0.25) is 4.99 Å². The Labute approximate surface area is 83.9 Å². The highest BCUT2D eigenvalue weighted by molar-refractivity contribution is 7.91. The summed E-state index contributed by atoms with van der Waals surface area (Å²) in [6.07, 6.45) is 0.663. The summed E-state index contributed by atoms with van der Waals surface area (Å²) in [5.74, 6) is 1.23. The highest BCUT2D eigenvalue weighted by Gasteiger charge is 2.39. The Kier molecular flexibility index (Phi) is 2.17. The van der Waals surface area contributed by atoms with E-state index in [4.69, 9.17) is 0 Å². The second-order valence-electron chi connectivity index (χ2n) is 4.18. The minimum Gasteiger partial charge on any atom is -0.355 e. The van der Waals surface area contributed by atoms with Crippen molar-refractivity contribution < 1.29 is 8.42 Å². The SMILES string of the molecule is CC1(NC2=NCCN2)CCS(=O)(=O)C1. The molecule has 5 nitrogen and oxygen atoms in total. The zero-order valence-electron chi connectivity index (χ0n) is 8.21. The third kappa shape index (κ3) is 2.00. The molecule has 0 bridgehead atoms. The molecule has 1 saturated heterocycles. The van der Waals surface area contributed by atoms with E-state index in [1.807, 2.05) is 6.92 Å². The average Bonchev–Trinajstić information content (AvgIpc) is 2.60. The summed E-state index contributed by atoms with van der Waals surface area (Å²) < 4.78 is 22.6. The van der Waals surface area contributed by atoms with E-state index in [0.29, 0.717) is 6.42 Å². The van der Waals surface area contributed by atoms with Gasteiger partial charge in [-0.05, 0) is 13.3 Å². The molecule has 0 amide bonds. The summed E-state index contributed by atoms with van der Waals surface area (Å²) in [4.78, 5) is 4.19. The molecular weight excluding hydrogens is 202 g/mol. The van der Waals surface area contributed by atoms with Crippen LogP contribution >= 0.6 is 0 Å². The molecule has 0 spiro atoms. The maximum atomic E-state index is 11.3. The Hall–Kier alpha value is -0.780. The number of nitrogens with zero attached hydrogens (tertiary/aromatic N) is 1. The first-order chi connectivity index (χ1) is 6.49. The van der Waals surface area contributed by atoms with Gasteiger partial charge >= 0.3 is 0 Å². The fourth-order valence-corrected chi connectivity index (χ4v) is 3.97. The van der Waals surface area contributed by atoms with Gasteiger partial charge in [0.05, 0.1) is 23.6 Å². The lowest BCUT2D eigenvalue weighted by Crippen LogP contribution is -2.50. The van der Waals surface area contributed by atoms with Crippen molar-refractivity contribution >= 4 is 15.8 Å². The van der Waals surface area contributed by atoms with Crippen molar-refractivity contribution in [2.45, 2.75) is 18.9 Å². The fraction of sp³-hybridized carbons (Fsp3) is 0.875. The molecule has 1 atom stereocenters. The van der Waals surface area contributed by atoms with Gasteiger partial charge < -0.3 is 10.6 Å². The number of sulfone groups is 1. The van der Waals surface area contributed by atoms with Crippen LogP contribution in [0.2, 0.25) is 0 Å². The Morgan fingerprint density at radius 2 is 2.36 bits per heavy atom. The van der Waals surface area contributed by atoms with Crippen LogP contribution < -0.4 is 10.6 Å². The molecule has 1 fully saturated rings. The van der Waals surface area contributed by atoms with Crippen LogP contribution in [-0.2, 0) is 9.84 Å². The highest BCUT2D eigenvalue weighted by Crippen LogP contribution is 2.22. The second kappa shape index (κ2) is 3.12. The number of guanidine groups is 1. The van der Waals surface area contributed by atoms with Crippen LogP contribution in [0.15, 0.2) is 4.99 Å². The van der Waals surface area contributed by atoms with Crippen LogP contribution in [0.3, 0.4) is 0 Å². The molecule has 1 unspecified atom stereocenters. The molecule has 0 saturated carbocycles. The minimum atomic E-state index is -2.84. The second-order valence-corrected chi connectivity index (χ2v) is 6.37. The molecule has 0 aliphatic carbocycles. The lowest BCUT2D eigenvalue weighted by molar-refractivity contribution is 0.467. The van der Waals surface area contributed by atoms with E-state index in [9.17, 15) is 8.42 Å². The molecule has 2 rings (SSSR count). The zero-order chi connectivity index (χ0) is 10.2. The quantitative estimate of drug-likeness (QED) is 0.598. The van der Waals surface area contributed by atoms with Crippen molar-refractivity contribution in [2.75, 3.05) is 24.6 Å². The molecule has 2 aliphatic heterocycles. The predicted octanol–water partition coefficient (Wildman–Crippen LogP) is -0.888. The third-order valence-corrected chi connectivity index (χ3v) is 4.50. The molecule has 0 radical (unpaired) electrons. The molecule has 0 aromatic carbocycles. The number of hydrogen-bond donors (Lipinski definition) is 2. The standard InChI is InChI=1S/C8H15N3O2S/c1-8(2-5-14(12,13)6-8)11-7-9-3-4-10-7/h2-6H2,1H3,(H2,9,10,11). The monoisotopic (exact) mass is 217 g/mol. The zero-order valence-corrected chi connectivity index (χ0v) is 9.02. The van der Waals surface area contributed by atoms with Crippen molar-refractivity contribution in [3.8, 4) is 0 Å². The first-order valence-corrected chi connectivity index (χ1v) is 6.58. The first-order valence-electron chi connectivity index (χ1n) is 4.76. The maximum Gasteiger partial charge on any atom is 0.191 e. The predicted molar refractivity (Wildman–Crippen MR) is 55.1 cm³/mol. The van der Waals surface area contributed by atoms with Crippen LogP contribution in [0.25, 0.3) is 0 Å². The van der Waals surface area contributed by atoms with Crippen molar-refractivity contribution in [3.63, 3.8) is 0 Å². The Bertz CT molecular complexity index is 363. The van der Waals surface area contributed by atoms with Crippen molar-refractivity contribution in [3.05, 3.63) is 0 Å². The van der Waals surface area contributed by atoms with E-state index in [0.717, 1.165) is 19.0 Å². The van der Waals surface area contributed by atoms with Crippen LogP contribution in [0, 0.1) is 0 Å². The van der Waals surface area contributed by atoms with Gasteiger partial charge in [0, 0.05) is 6.54 Å². The lowest BCUT2D eigenvalue weighted by Gasteiger charge is -2.24. The van der Waals surface area contributed by atoms with E-state index in [1.54, 1.807) is 0 Å². The molecule has 80 valence electrons.